The SMILES string of the molecule is COCCC(C)Oc1ccc(C(C)N)cc1F. The number of ether oxygens (including phenoxy) is 2. The Bertz CT molecular complexity index is 355. The van der Waals surface area contributed by atoms with Gasteiger partial charge in [-0.15, -0.1) is 0 Å². The molecule has 2 atom stereocenters. The van der Waals surface area contributed by atoms with Crippen molar-refractivity contribution in [3.63, 3.8) is 0 Å². The molecule has 4 heteroatoms. The normalized spacial score (nSPS) is 14.4. The van der Waals surface area contributed by atoms with Gasteiger partial charge in [0.15, 0.2) is 11.6 Å². The monoisotopic (exact) mass is 241 g/mol. The zero-order chi connectivity index (χ0) is 12.8. The molecule has 0 heterocycles. The van der Waals surface area contributed by atoms with Gasteiger partial charge in [0.05, 0.1) is 6.10 Å². The standard InChI is InChI=1S/C13H20FNO2/c1-9(6-7-16-3)17-13-5-4-11(10(2)15)8-12(13)14/h4-5,8-10H,6-7,15H2,1-3H3. The Labute approximate surface area is 102 Å². The lowest BCUT2D eigenvalue weighted by Crippen LogP contribution is -2.15. The molecule has 0 spiro atoms. The Morgan fingerprint density at radius 1 is 1.35 bits per heavy atom. The predicted octanol–water partition coefficient (Wildman–Crippen LogP) is 2.65. The fourth-order valence-electron chi connectivity index (χ4n) is 1.46. The molecule has 0 amide bonds. The molecule has 2 N–H and O–H groups in total. The molecule has 1 rings (SSSR count). The van der Waals surface area contributed by atoms with Gasteiger partial charge in [0.2, 0.25) is 0 Å². The van der Waals surface area contributed by atoms with Crippen LogP contribution in [0.1, 0.15) is 31.9 Å². The summed E-state index contributed by atoms with van der Waals surface area (Å²) in [6, 6.07) is 4.65. The highest BCUT2D eigenvalue weighted by Gasteiger charge is 2.10. The smallest absolute Gasteiger partial charge is 0.165 e. The zero-order valence-electron chi connectivity index (χ0n) is 10.6. The van der Waals surface area contributed by atoms with Crippen LogP contribution in [0.3, 0.4) is 0 Å². The molecule has 3 nitrogen and oxygen atoms in total. The van der Waals surface area contributed by atoms with Gasteiger partial charge in [0.1, 0.15) is 0 Å². The van der Waals surface area contributed by atoms with E-state index in [-0.39, 0.29) is 23.7 Å². The van der Waals surface area contributed by atoms with Crippen molar-refractivity contribution in [2.24, 2.45) is 5.73 Å². The third-order valence-electron chi connectivity index (χ3n) is 2.54. The first-order chi connectivity index (χ1) is 8.04. The molecular formula is C13H20FNO2. The molecule has 17 heavy (non-hydrogen) atoms. The van der Waals surface area contributed by atoms with Crippen LogP contribution < -0.4 is 10.5 Å². The minimum atomic E-state index is -0.371. The summed E-state index contributed by atoms with van der Waals surface area (Å²) in [6.45, 7) is 4.30. The lowest BCUT2D eigenvalue weighted by atomic mass is 10.1. The van der Waals surface area contributed by atoms with E-state index in [4.69, 9.17) is 15.2 Å². The maximum Gasteiger partial charge on any atom is 0.165 e. The van der Waals surface area contributed by atoms with Gasteiger partial charge in [-0.05, 0) is 31.5 Å². The average Bonchev–Trinajstić information content (AvgIpc) is 2.28. The molecule has 0 aliphatic rings. The van der Waals surface area contributed by atoms with Crippen LogP contribution in [0.5, 0.6) is 5.75 Å². The first-order valence-electron chi connectivity index (χ1n) is 5.75. The van der Waals surface area contributed by atoms with Gasteiger partial charge < -0.3 is 15.2 Å². The minimum Gasteiger partial charge on any atom is -0.488 e. The summed E-state index contributed by atoms with van der Waals surface area (Å²) in [5.74, 6) is -0.109. The predicted molar refractivity (Wildman–Crippen MR) is 65.6 cm³/mol. The summed E-state index contributed by atoms with van der Waals surface area (Å²) < 4.78 is 24.1. The molecule has 1 aromatic rings. The lowest BCUT2D eigenvalue weighted by Gasteiger charge is -2.15. The van der Waals surface area contributed by atoms with E-state index in [1.807, 2.05) is 13.8 Å². The van der Waals surface area contributed by atoms with E-state index in [0.717, 1.165) is 12.0 Å². The van der Waals surface area contributed by atoms with Gasteiger partial charge in [-0.1, -0.05) is 6.07 Å². The maximum atomic E-state index is 13.7. The highest BCUT2D eigenvalue weighted by Crippen LogP contribution is 2.22. The van der Waals surface area contributed by atoms with Crippen LogP contribution in [0.15, 0.2) is 18.2 Å². The van der Waals surface area contributed by atoms with E-state index >= 15 is 0 Å². The minimum absolute atomic E-state index is 0.0781. The Kier molecular flexibility index (Phi) is 5.38. The van der Waals surface area contributed by atoms with Crippen molar-refractivity contribution in [3.8, 4) is 5.75 Å². The van der Waals surface area contributed by atoms with Gasteiger partial charge in [-0.25, -0.2) is 4.39 Å². The van der Waals surface area contributed by atoms with Gasteiger partial charge in [-0.2, -0.15) is 0 Å². The fourth-order valence-corrected chi connectivity index (χ4v) is 1.46. The van der Waals surface area contributed by atoms with Crippen molar-refractivity contribution in [1.29, 1.82) is 0 Å². The molecule has 0 saturated heterocycles. The van der Waals surface area contributed by atoms with Crippen LogP contribution in [0.25, 0.3) is 0 Å². The Morgan fingerprint density at radius 3 is 2.59 bits per heavy atom. The van der Waals surface area contributed by atoms with E-state index in [9.17, 15) is 4.39 Å². The van der Waals surface area contributed by atoms with Crippen LogP contribution in [-0.2, 0) is 4.74 Å². The Balaban J connectivity index is 2.65. The molecule has 2 unspecified atom stereocenters. The summed E-state index contributed by atoms with van der Waals surface area (Å²) in [5.41, 5.74) is 6.44. The molecule has 0 aromatic heterocycles. The second kappa shape index (κ2) is 6.57. The number of hydrogen-bond acceptors (Lipinski definition) is 3. The summed E-state index contributed by atoms with van der Waals surface area (Å²) >= 11 is 0. The molecule has 0 fully saturated rings. The van der Waals surface area contributed by atoms with Gasteiger partial charge in [0, 0.05) is 26.2 Å². The highest BCUT2D eigenvalue weighted by atomic mass is 19.1. The van der Waals surface area contributed by atoms with Gasteiger partial charge in [-0.3, -0.25) is 0 Å². The topological polar surface area (TPSA) is 44.5 Å². The summed E-state index contributed by atoms with van der Waals surface area (Å²) in [6.07, 6.45) is 0.649. The van der Waals surface area contributed by atoms with Crippen molar-refractivity contribution in [2.45, 2.75) is 32.4 Å². The largest absolute Gasteiger partial charge is 0.488 e. The van der Waals surface area contributed by atoms with Crippen LogP contribution >= 0.6 is 0 Å². The number of rotatable bonds is 6. The van der Waals surface area contributed by atoms with E-state index in [1.165, 1.54) is 6.07 Å². The van der Waals surface area contributed by atoms with E-state index < -0.39 is 0 Å². The lowest BCUT2D eigenvalue weighted by molar-refractivity contribution is 0.132. The Morgan fingerprint density at radius 2 is 2.06 bits per heavy atom. The summed E-state index contributed by atoms with van der Waals surface area (Å²) in [5, 5.41) is 0. The molecule has 0 aliphatic heterocycles. The molecule has 1 aromatic carbocycles. The van der Waals surface area contributed by atoms with E-state index in [0.29, 0.717) is 6.61 Å². The molecular weight excluding hydrogens is 221 g/mol. The molecule has 0 radical (unpaired) electrons. The van der Waals surface area contributed by atoms with Crippen molar-refractivity contribution in [1.82, 2.24) is 0 Å². The van der Waals surface area contributed by atoms with Crippen LogP contribution in [0.4, 0.5) is 4.39 Å². The third kappa shape index (κ3) is 4.32. The maximum absolute atomic E-state index is 13.7. The second-order valence-electron chi connectivity index (χ2n) is 4.19. The molecule has 96 valence electrons. The van der Waals surface area contributed by atoms with E-state index in [1.54, 1.807) is 19.2 Å². The first kappa shape index (κ1) is 13.9. The number of hydrogen-bond donors (Lipinski definition) is 1. The van der Waals surface area contributed by atoms with Crippen molar-refractivity contribution >= 4 is 0 Å². The molecule has 0 bridgehead atoms. The third-order valence-corrected chi connectivity index (χ3v) is 2.54. The summed E-state index contributed by atoms with van der Waals surface area (Å²) in [7, 11) is 1.63. The second-order valence-corrected chi connectivity index (χ2v) is 4.19. The molecule has 0 saturated carbocycles. The van der Waals surface area contributed by atoms with E-state index in [2.05, 4.69) is 0 Å². The number of benzene rings is 1. The molecule has 0 aliphatic carbocycles. The first-order valence-corrected chi connectivity index (χ1v) is 5.75. The summed E-state index contributed by atoms with van der Waals surface area (Å²) in [4.78, 5) is 0. The van der Waals surface area contributed by atoms with Crippen molar-refractivity contribution < 1.29 is 13.9 Å². The number of methoxy groups -OCH3 is 1. The zero-order valence-corrected chi connectivity index (χ0v) is 10.6. The average molecular weight is 241 g/mol. The van der Waals surface area contributed by atoms with Gasteiger partial charge >= 0.3 is 0 Å². The fraction of sp³-hybridized carbons (Fsp3) is 0.538. The quantitative estimate of drug-likeness (QED) is 0.832. The number of halogens is 1. The van der Waals surface area contributed by atoms with Crippen molar-refractivity contribution in [2.75, 3.05) is 13.7 Å². The number of nitrogens with two attached hydrogens (primary N) is 1. The van der Waals surface area contributed by atoms with Crippen molar-refractivity contribution in [3.05, 3.63) is 29.6 Å². The van der Waals surface area contributed by atoms with Crippen LogP contribution in [0, 0.1) is 5.82 Å². The van der Waals surface area contributed by atoms with Crippen LogP contribution in [0.2, 0.25) is 0 Å². The highest BCUT2D eigenvalue weighted by molar-refractivity contribution is 5.30. The Hall–Kier alpha value is -1.13. The van der Waals surface area contributed by atoms with Gasteiger partial charge in [0.25, 0.3) is 0 Å². The van der Waals surface area contributed by atoms with Crippen LogP contribution in [-0.4, -0.2) is 19.8 Å².